The highest BCUT2D eigenvalue weighted by Crippen LogP contribution is 2.18. The summed E-state index contributed by atoms with van der Waals surface area (Å²) in [5.74, 6) is -0.245. The third-order valence-corrected chi connectivity index (χ3v) is 3.32. The quantitative estimate of drug-likeness (QED) is 0.860. The number of ether oxygens (including phenoxy) is 1. The number of benzene rings is 2. The van der Waals surface area contributed by atoms with Crippen LogP contribution >= 0.6 is 11.6 Å². The Hall–Kier alpha value is -2.07. The predicted octanol–water partition coefficient (Wildman–Crippen LogP) is 3.76. The van der Waals surface area contributed by atoms with Crippen LogP contribution in [0.1, 0.15) is 15.9 Å². The number of halogens is 2. The molecular formula is C16H15ClFNO2. The normalized spacial score (nSPS) is 10.3. The van der Waals surface area contributed by atoms with Crippen molar-refractivity contribution in [1.29, 1.82) is 0 Å². The van der Waals surface area contributed by atoms with Crippen LogP contribution in [0.4, 0.5) is 4.39 Å². The number of rotatable bonds is 4. The Morgan fingerprint density at radius 2 is 1.90 bits per heavy atom. The van der Waals surface area contributed by atoms with Gasteiger partial charge in [-0.25, -0.2) is 4.39 Å². The number of amides is 1. The first-order valence-electron chi connectivity index (χ1n) is 6.34. The summed E-state index contributed by atoms with van der Waals surface area (Å²) in [6.07, 6.45) is 0. The second-order valence-corrected chi connectivity index (χ2v) is 5.07. The number of hydrogen-bond donors (Lipinski definition) is 0. The van der Waals surface area contributed by atoms with Crippen LogP contribution in [0.3, 0.4) is 0 Å². The first-order chi connectivity index (χ1) is 10.0. The first kappa shape index (κ1) is 15.3. The van der Waals surface area contributed by atoms with Crippen molar-refractivity contribution in [1.82, 2.24) is 4.90 Å². The van der Waals surface area contributed by atoms with E-state index < -0.39 is 11.7 Å². The van der Waals surface area contributed by atoms with Crippen molar-refractivity contribution in [2.45, 2.75) is 6.54 Å². The second kappa shape index (κ2) is 6.59. The molecule has 2 aromatic rings. The van der Waals surface area contributed by atoms with Crippen LogP contribution in [-0.4, -0.2) is 25.0 Å². The van der Waals surface area contributed by atoms with E-state index in [2.05, 4.69) is 0 Å². The summed E-state index contributed by atoms with van der Waals surface area (Å²) in [6, 6.07) is 11.3. The van der Waals surface area contributed by atoms with Gasteiger partial charge in [0, 0.05) is 18.6 Å². The Kier molecular flexibility index (Phi) is 4.81. The van der Waals surface area contributed by atoms with Gasteiger partial charge in [0.05, 0.1) is 12.7 Å². The van der Waals surface area contributed by atoms with Gasteiger partial charge in [-0.05, 0) is 35.9 Å². The van der Waals surface area contributed by atoms with Crippen LogP contribution in [0.25, 0.3) is 0 Å². The molecule has 0 heterocycles. The van der Waals surface area contributed by atoms with Gasteiger partial charge in [0.1, 0.15) is 11.6 Å². The van der Waals surface area contributed by atoms with E-state index in [0.29, 0.717) is 11.6 Å². The van der Waals surface area contributed by atoms with Crippen molar-refractivity contribution in [2.24, 2.45) is 0 Å². The molecule has 2 aromatic carbocycles. The van der Waals surface area contributed by atoms with Gasteiger partial charge in [-0.2, -0.15) is 0 Å². The summed E-state index contributed by atoms with van der Waals surface area (Å²) < 4.78 is 18.8. The monoisotopic (exact) mass is 307 g/mol. The molecule has 0 aliphatic rings. The third kappa shape index (κ3) is 3.73. The van der Waals surface area contributed by atoms with E-state index in [1.165, 1.54) is 23.1 Å². The number of carbonyl (C=O) groups excluding carboxylic acids is 1. The second-order valence-electron chi connectivity index (χ2n) is 4.63. The molecule has 110 valence electrons. The lowest BCUT2D eigenvalue weighted by Crippen LogP contribution is -2.27. The van der Waals surface area contributed by atoms with E-state index >= 15 is 0 Å². The number of methoxy groups -OCH3 is 1. The van der Waals surface area contributed by atoms with Crippen molar-refractivity contribution in [2.75, 3.05) is 14.2 Å². The van der Waals surface area contributed by atoms with Gasteiger partial charge in [0.25, 0.3) is 5.91 Å². The summed E-state index contributed by atoms with van der Waals surface area (Å²) in [7, 11) is 3.21. The third-order valence-electron chi connectivity index (χ3n) is 3.08. The minimum atomic E-state index is -0.578. The molecule has 0 unspecified atom stereocenters. The van der Waals surface area contributed by atoms with Crippen molar-refractivity contribution < 1.29 is 13.9 Å². The van der Waals surface area contributed by atoms with Gasteiger partial charge in [0.2, 0.25) is 0 Å². The zero-order chi connectivity index (χ0) is 15.4. The molecule has 0 N–H and O–H groups in total. The average Bonchev–Trinajstić information content (AvgIpc) is 2.49. The first-order valence-corrected chi connectivity index (χ1v) is 6.72. The van der Waals surface area contributed by atoms with Gasteiger partial charge in [0.15, 0.2) is 0 Å². The lowest BCUT2D eigenvalue weighted by atomic mass is 10.1. The zero-order valence-corrected chi connectivity index (χ0v) is 12.5. The van der Waals surface area contributed by atoms with Gasteiger partial charge in [-0.3, -0.25) is 4.79 Å². The molecule has 0 radical (unpaired) electrons. The SMILES string of the molecule is COc1ccc(CN(C)C(=O)c2cc(Cl)ccc2F)cc1. The van der Waals surface area contributed by atoms with Crippen LogP contribution in [-0.2, 0) is 6.54 Å². The molecule has 2 rings (SSSR count). The molecule has 3 nitrogen and oxygen atoms in total. The number of nitrogens with zero attached hydrogens (tertiary/aromatic N) is 1. The molecule has 0 bridgehead atoms. The minimum Gasteiger partial charge on any atom is -0.497 e. The fourth-order valence-corrected chi connectivity index (χ4v) is 2.12. The van der Waals surface area contributed by atoms with E-state index in [1.807, 2.05) is 24.3 Å². The van der Waals surface area contributed by atoms with E-state index in [-0.39, 0.29) is 5.56 Å². The van der Waals surface area contributed by atoms with E-state index in [1.54, 1.807) is 14.2 Å². The Labute approximate surface area is 127 Å². The lowest BCUT2D eigenvalue weighted by molar-refractivity contribution is 0.0780. The number of carbonyl (C=O) groups is 1. The average molecular weight is 308 g/mol. The molecular weight excluding hydrogens is 293 g/mol. The molecule has 21 heavy (non-hydrogen) atoms. The van der Waals surface area contributed by atoms with Gasteiger partial charge >= 0.3 is 0 Å². The molecule has 5 heteroatoms. The van der Waals surface area contributed by atoms with Crippen molar-refractivity contribution in [3.8, 4) is 5.75 Å². The van der Waals surface area contributed by atoms with E-state index in [0.717, 1.165) is 11.3 Å². The van der Waals surface area contributed by atoms with E-state index in [9.17, 15) is 9.18 Å². The van der Waals surface area contributed by atoms with Crippen LogP contribution in [0, 0.1) is 5.82 Å². The molecule has 0 spiro atoms. The summed E-state index contributed by atoms with van der Waals surface area (Å²) in [5, 5.41) is 0.331. The standard InChI is InChI=1S/C16H15ClFNO2/c1-19(10-11-3-6-13(21-2)7-4-11)16(20)14-9-12(17)5-8-15(14)18/h3-9H,10H2,1-2H3. The summed E-state index contributed by atoms with van der Waals surface area (Å²) >= 11 is 5.81. The van der Waals surface area contributed by atoms with Crippen molar-refractivity contribution in [3.05, 3.63) is 64.4 Å². The maximum Gasteiger partial charge on any atom is 0.256 e. The van der Waals surface area contributed by atoms with Gasteiger partial charge < -0.3 is 9.64 Å². The Balaban J connectivity index is 2.13. The largest absolute Gasteiger partial charge is 0.497 e. The highest BCUT2D eigenvalue weighted by Gasteiger charge is 2.16. The van der Waals surface area contributed by atoms with Crippen LogP contribution in [0.15, 0.2) is 42.5 Å². The summed E-state index contributed by atoms with van der Waals surface area (Å²) in [6.45, 7) is 0.370. The molecule has 0 saturated heterocycles. The van der Waals surface area contributed by atoms with Crippen molar-refractivity contribution in [3.63, 3.8) is 0 Å². The molecule has 0 aromatic heterocycles. The van der Waals surface area contributed by atoms with E-state index in [4.69, 9.17) is 16.3 Å². The summed E-state index contributed by atoms with van der Waals surface area (Å²) in [4.78, 5) is 13.7. The topological polar surface area (TPSA) is 29.5 Å². The van der Waals surface area contributed by atoms with Crippen LogP contribution in [0.2, 0.25) is 5.02 Å². The van der Waals surface area contributed by atoms with Crippen LogP contribution in [0.5, 0.6) is 5.75 Å². The smallest absolute Gasteiger partial charge is 0.256 e. The van der Waals surface area contributed by atoms with Gasteiger partial charge in [-0.15, -0.1) is 0 Å². The summed E-state index contributed by atoms with van der Waals surface area (Å²) in [5.41, 5.74) is 0.896. The minimum absolute atomic E-state index is 0.0292. The molecule has 0 aliphatic heterocycles. The highest BCUT2D eigenvalue weighted by atomic mass is 35.5. The molecule has 0 aliphatic carbocycles. The fourth-order valence-electron chi connectivity index (χ4n) is 1.94. The Morgan fingerprint density at radius 1 is 1.24 bits per heavy atom. The molecule has 0 atom stereocenters. The highest BCUT2D eigenvalue weighted by molar-refractivity contribution is 6.30. The zero-order valence-electron chi connectivity index (χ0n) is 11.8. The Bertz CT molecular complexity index is 643. The lowest BCUT2D eigenvalue weighted by Gasteiger charge is -2.18. The Morgan fingerprint density at radius 3 is 2.52 bits per heavy atom. The fraction of sp³-hybridized carbons (Fsp3) is 0.188. The molecule has 1 amide bonds. The van der Waals surface area contributed by atoms with Gasteiger partial charge in [-0.1, -0.05) is 23.7 Å². The molecule has 0 saturated carbocycles. The maximum absolute atomic E-state index is 13.7. The molecule has 0 fully saturated rings. The maximum atomic E-state index is 13.7. The number of hydrogen-bond acceptors (Lipinski definition) is 2. The predicted molar refractivity (Wildman–Crippen MR) is 80.2 cm³/mol. The van der Waals surface area contributed by atoms with Crippen LogP contribution < -0.4 is 4.74 Å². The van der Waals surface area contributed by atoms with Crippen molar-refractivity contribution >= 4 is 17.5 Å².